The SMILES string of the molecule is C=CN(C(=O)Cc1cc(C)cc(C)c1)C1CCNCC1. The minimum Gasteiger partial charge on any atom is -0.317 e. The lowest BCUT2D eigenvalue weighted by Crippen LogP contribution is -2.43. The zero-order valence-corrected chi connectivity index (χ0v) is 12.5. The Morgan fingerprint density at radius 2 is 1.90 bits per heavy atom. The van der Waals surface area contributed by atoms with E-state index in [0.717, 1.165) is 31.5 Å². The molecule has 0 atom stereocenters. The number of benzene rings is 1. The molecule has 0 saturated carbocycles. The summed E-state index contributed by atoms with van der Waals surface area (Å²) in [6.07, 6.45) is 4.16. The zero-order valence-electron chi connectivity index (χ0n) is 12.5. The molecule has 1 aromatic carbocycles. The summed E-state index contributed by atoms with van der Waals surface area (Å²) in [7, 11) is 0. The molecule has 3 heteroatoms. The lowest BCUT2D eigenvalue weighted by Gasteiger charge is -2.32. The highest BCUT2D eigenvalue weighted by atomic mass is 16.2. The summed E-state index contributed by atoms with van der Waals surface area (Å²) in [6.45, 7) is 9.91. The molecule has 1 aliphatic heterocycles. The first-order valence-electron chi connectivity index (χ1n) is 7.32. The van der Waals surface area contributed by atoms with Crippen molar-refractivity contribution in [2.24, 2.45) is 0 Å². The Morgan fingerprint density at radius 1 is 1.30 bits per heavy atom. The van der Waals surface area contributed by atoms with Gasteiger partial charge in [0.05, 0.1) is 6.42 Å². The predicted molar refractivity (Wildman–Crippen MR) is 82.6 cm³/mol. The van der Waals surface area contributed by atoms with E-state index in [-0.39, 0.29) is 5.91 Å². The normalized spacial score (nSPS) is 15.9. The van der Waals surface area contributed by atoms with Crippen molar-refractivity contribution < 1.29 is 4.79 Å². The monoisotopic (exact) mass is 272 g/mol. The zero-order chi connectivity index (χ0) is 14.5. The summed E-state index contributed by atoms with van der Waals surface area (Å²) in [6, 6.07) is 6.61. The van der Waals surface area contributed by atoms with E-state index in [4.69, 9.17) is 0 Å². The van der Waals surface area contributed by atoms with Gasteiger partial charge in [-0.25, -0.2) is 0 Å². The summed E-state index contributed by atoms with van der Waals surface area (Å²) >= 11 is 0. The molecule has 1 N–H and O–H groups in total. The van der Waals surface area contributed by atoms with Crippen LogP contribution in [0.25, 0.3) is 0 Å². The molecule has 20 heavy (non-hydrogen) atoms. The second-order valence-electron chi connectivity index (χ2n) is 5.64. The molecule has 1 saturated heterocycles. The highest BCUT2D eigenvalue weighted by molar-refractivity contribution is 5.80. The fourth-order valence-corrected chi connectivity index (χ4v) is 2.98. The van der Waals surface area contributed by atoms with Gasteiger partial charge in [-0.1, -0.05) is 35.9 Å². The lowest BCUT2D eigenvalue weighted by molar-refractivity contribution is -0.130. The third-order valence-corrected chi connectivity index (χ3v) is 3.82. The fourth-order valence-electron chi connectivity index (χ4n) is 2.98. The first kappa shape index (κ1) is 14.8. The van der Waals surface area contributed by atoms with Gasteiger partial charge in [0.15, 0.2) is 0 Å². The van der Waals surface area contributed by atoms with Crippen LogP contribution in [0.5, 0.6) is 0 Å². The molecule has 2 rings (SSSR count). The van der Waals surface area contributed by atoms with Gasteiger partial charge in [0.25, 0.3) is 0 Å². The van der Waals surface area contributed by atoms with Crippen molar-refractivity contribution in [1.29, 1.82) is 0 Å². The highest BCUT2D eigenvalue weighted by Gasteiger charge is 2.23. The number of nitrogens with zero attached hydrogens (tertiary/aromatic N) is 1. The van der Waals surface area contributed by atoms with E-state index in [2.05, 4.69) is 43.9 Å². The average Bonchev–Trinajstić information content (AvgIpc) is 2.39. The Labute approximate surface area is 121 Å². The van der Waals surface area contributed by atoms with E-state index < -0.39 is 0 Å². The second-order valence-corrected chi connectivity index (χ2v) is 5.64. The summed E-state index contributed by atoms with van der Waals surface area (Å²) < 4.78 is 0. The van der Waals surface area contributed by atoms with Gasteiger partial charge < -0.3 is 10.2 Å². The highest BCUT2D eigenvalue weighted by Crippen LogP contribution is 2.16. The van der Waals surface area contributed by atoms with E-state index in [9.17, 15) is 4.79 Å². The van der Waals surface area contributed by atoms with Gasteiger partial charge in [-0.3, -0.25) is 4.79 Å². The quantitative estimate of drug-likeness (QED) is 0.913. The third-order valence-electron chi connectivity index (χ3n) is 3.82. The van der Waals surface area contributed by atoms with Crippen LogP contribution in [0.4, 0.5) is 0 Å². The van der Waals surface area contributed by atoms with E-state index in [0.29, 0.717) is 12.5 Å². The van der Waals surface area contributed by atoms with Gasteiger partial charge in [0, 0.05) is 6.04 Å². The number of hydrogen-bond acceptors (Lipinski definition) is 2. The van der Waals surface area contributed by atoms with Gasteiger partial charge in [0.2, 0.25) is 5.91 Å². The van der Waals surface area contributed by atoms with Crippen LogP contribution < -0.4 is 5.32 Å². The average molecular weight is 272 g/mol. The number of rotatable bonds is 4. The number of hydrogen-bond donors (Lipinski definition) is 1. The minimum atomic E-state index is 0.150. The van der Waals surface area contributed by atoms with Crippen LogP contribution in [0, 0.1) is 13.8 Å². The van der Waals surface area contributed by atoms with Crippen LogP contribution in [0.15, 0.2) is 31.0 Å². The molecule has 3 nitrogen and oxygen atoms in total. The van der Waals surface area contributed by atoms with Crippen LogP contribution in [0.2, 0.25) is 0 Å². The van der Waals surface area contributed by atoms with Crippen LogP contribution in [0.3, 0.4) is 0 Å². The molecule has 0 aliphatic carbocycles. The first-order chi connectivity index (χ1) is 9.60. The molecule has 0 radical (unpaired) electrons. The molecule has 1 aromatic rings. The van der Waals surface area contributed by atoms with Crippen molar-refractivity contribution in [3.05, 3.63) is 47.7 Å². The number of carbonyl (C=O) groups excluding carboxylic acids is 1. The van der Waals surface area contributed by atoms with E-state index in [1.54, 1.807) is 6.20 Å². The molecule has 0 aromatic heterocycles. The first-order valence-corrected chi connectivity index (χ1v) is 7.32. The minimum absolute atomic E-state index is 0.150. The summed E-state index contributed by atoms with van der Waals surface area (Å²) in [5.41, 5.74) is 3.51. The van der Waals surface area contributed by atoms with E-state index >= 15 is 0 Å². The molecule has 1 fully saturated rings. The Bertz CT molecular complexity index is 470. The topological polar surface area (TPSA) is 32.3 Å². The number of nitrogens with one attached hydrogen (secondary N) is 1. The van der Waals surface area contributed by atoms with E-state index in [1.165, 1.54) is 11.1 Å². The number of amides is 1. The van der Waals surface area contributed by atoms with Crippen molar-refractivity contribution in [3.63, 3.8) is 0 Å². The summed E-state index contributed by atoms with van der Waals surface area (Å²) in [4.78, 5) is 14.3. The standard InChI is InChI=1S/C17H24N2O/c1-4-19(16-5-7-18-8-6-16)17(20)12-15-10-13(2)9-14(3)11-15/h4,9-11,16,18H,1,5-8,12H2,2-3H3. The second kappa shape index (κ2) is 6.71. The van der Waals surface area contributed by atoms with Gasteiger partial charge in [-0.15, -0.1) is 0 Å². The number of carbonyl (C=O) groups is 1. The van der Waals surface area contributed by atoms with Crippen molar-refractivity contribution in [2.75, 3.05) is 13.1 Å². The molecule has 1 amide bonds. The Balaban J connectivity index is 2.06. The predicted octanol–water partition coefficient (Wildman–Crippen LogP) is 2.57. The van der Waals surface area contributed by atoms with Crippen LogP contribution >= 0.6 is 0 Å². The van der Waals surface area contributed by atoms with Crippen molar-refractivity contribution >= 4 is 5.91 Å². The summed E-state index contributed by atoms with van der Waals surface area (Å²) in [5, 5.41) is 3.32. The molecule has 108 valence electrons. The van der Waals surface area contributed by atoms with Gasteiger partial charge in [-0.05, 0) is 51.5 Å². The number of aryl methyl sites for hydroxylation is 2. The lowest BCUT2D eigenvalue weighted by atomic mass is 10.0. The maximum Gasteiger partial charge on any atom is 0.231 e. The smallest absolute Gasteiger partial charge is 0.231 e. The number of piperidine rings is 1. The molecular weight excluding hydrogens is 248 g/mol. The molecule has 1 heterocycles. The maximum absolute atomic E-state index is 12.5. The van der Waals surface area contributed by atoms with Crippen molar-refractivity contribution in [1.82, 2.24) is 10.2 Å². The van der Waals surface area contributed by atoms with Crippen LogP contribution in [-0.2, 0) is 11.2 Å². The third kappa shape index (κ3) is 3.70. The Morgan fingerprint density at radius 3 is 2.45 bits per heavy atom. The van der Waals surface area contributed by atoms with E-state index in [1.807, 2.05) is 4.90 Å². The van der Waals surface area contributed by atoms with Crippen molar-refractivity contribution in [2.45, 2.75) is 39.2 Å². The maximum atomic E-state index is 12.5. The van der Waals surface area contributed by atoms with Gasteiger partial charge in [-0.2, -0.15) is 0 Å². The fraction of sp³-hybridized carbons (Fsp3) is 0.471. The van der Waals surface area contributed by atoms with Gasteiger partial charge >= 0.3 is 0 Å². The van der Waals surface area contributed by atoms with Crippen LogP contribution in [-0.4, -0.2) is 29.9 Å². The largest absolute Gasteiger partial charge is 0.317 e. The van der Waals surface area contributed by atoms with Crippen LogP contribution in [0.1, 0.15) is 29.5 Å². The Hall–Kier alpha value is -1.61. The molecule has 1 aliphatic rings. The molecule has 0 unspecified atom stereocenters. The molecular formula is C17H24N2O. The Kier molecular flexibility index (Phi) is 4.96. The van der Waals surface area contributed by atoms with Gasteiger partial charge in [0.1, 0.15) is 0 Å². The summed E-state index contributed by atoms with van der Waals surface area (Å²) in [5.74, 6) is 0.150. The molecule has 0 spiro atoms. The van der Waals surface area contributed by atoms with Crippen molar-refractivity contribution in [3.8, 4) is 0 Å². The molecule has 0 bridgehead atoms.